The van der Waals surface area contributed by atoms with Crippen molar-refractivity contribution >= 4 is 29.3 Å². The molecule has 0 saturated heterocycles. The van der Waals surface area contributed by atoms with Crippen molar-refractivity contribution in [1.29, 1.82) is 0 Å². The van der Waals surface area contributed by atoms with Crippen molar-refractivity contribution in [3.63, 3.8) is 0 Å². The number of aliphatic hydroxyl groups is 1. The van der Waals surface area contributed by atoms with Gasteiger partial charge in [-0.2, -0.15) is 0 Å². The highest BCUT2D eigenvalue weighted by Gasteiger charge is 2.45. The number of hydrogen-bond donors (Lipinski definition) is 2. The van der Waals surface area contributed by atoms with Crippen LogP contribution in [0.15, 0.2) is 29.1 Å². The zero-order chi connectivity index (χ0) is 22.1. The summed E-state index contributed by atoms with van der Waals surface area (Å²) in [6.45, 7) is 2.41. The quantitative estimate of drug-likeness (QED) is 0.276. The Morgan fingerprint density at radius 2 is 1.76 bits per heavy atom. The average molecular weight is 548 g/mol. The monoisotopic (exact) mass is 547 g/mol. The van der Waals surface area contributed by atoms with Crippen molar-refractivity contribution in [3.8, 4) is 17.1 Å². The Kier molecular flexibility index (Phi) is 12.1. The van der Waals surface area contributed by atoms with E-state index in [0.717, 1.165) is 16.5 Å². The number of hydrogen-bond acceptors (Lipinski definition) is 7. The molecule has 4 heterocycles. The van der Waals surface area contributed by atoms with Crippen molar-refractivity contribution in [2.75, 3.05) is 14.1 Å². The van der Waals surface area contributed by atoms with Gasteiger partial charge in [-0.15, -0.1) is 12.4 Å². The normalized spacial score (nSPS) is 16.2. The van der Waals surface area contributed by atoms with Crippen LogP contribution in [0.3, 0.4) is 0 Å². The summed E-state index contributed by atoms with van der Waals surface area (Å²) in [4.78, 5) is 32.3. The molecule has 37 heavy (non-hydrogen) atoms. The number of rotatable bonds is 3. The van der Waals surface area contributed by atoms with Gasteiger partial charge in [-0.25, -0.2) is 9.78 Å². The fourth-order valence-corrected chi connectivity index (χ4v) is 4.58. The van der Waals surface area contributed by atoms with E-state index in [-0.39, 0.29) is 64.1 Å². The van der Waals surface area contributed by atoms with Gasteiger partial charge >= 0.3 is 5.97 Å². The van der Waals surface area contributed by atoms with E-state index in [0.29, 0.717) is 41.1 Å². The van der Waals surface area contributed by atoms with E-state index in [4.69, 9.17) is 9.72 Å². The average Bonchev–Trinajstić information content (AvgIpc) is 3.10. The first-order valence-corrected chi connectivity index (χ1v) is 10.2. The molecule has 0 fully saturated rings. The number of esters is 1. The van der Waals surface area contributed by atoms with Crippen LogP contribution >= 0.6 is 12.4 Å². The minimum Gasteiger partial charge on any atom is -0.508 e. The molecule has 2 aliphatic rings. The fraction of sp³-hybridized carbons (Fsp3) is 0.348. The summed E-state index contributed by atoms with van der Waals surface area (Å²) in [5.74, 6) is -0.532. The van der Waals surface area contributed by atoms with E-state index in [1.807, 2.05) is 25.1 Å². The third kappa shape index (κ3) is 5.16. The number of halogens is 1. The molecule has 1 unspecified atom stereocenters. The highest BCUT2D eigenvalue weighted by molar-refractivity contribution is 5.89. The number of aromatic nitrogens is 2. The second-order valence-electron chi connectivity index (χ2n) is 8.47. The highest BCUT2D eigenvalue weighted by atomic mass is 35.5. The second-order valence-corrected chi connectivity index (χ2v) is 8.47. The van der Waals surface area contributed by atoms with Gasteiger partial charge in [0, 0.05) is 28.6 Å². The summed E-state index contributed by atoms with van der Waals surface area (Å²) < 4.78 is 6.71. The molecule has 1 atom stereocenters. The van der Waals surface area contributed by atoms with Gasteiger partial charge in [-0.05, 0) is 44.8 Å². The van der Waals surface area contributed by atoms with Gasteiger partial charge in [-0.3, -0.25) is 4.79 Å². The van der Waals surface area contributed by atoms with Crippen LogP contribution in [0.25, 0.3) is 22.3 Å². The molecule has 0 saturated carbocycles. The molecule has 14 heteroatoms. The lowest BCUT2D eigenvalue weighted by molar-refractivity contribution is -0.172. The van der Waals surface area contributed by atoms with Crippen LogP contribution in [-0.2, 0) is 34.8 Å². The number of aromatic hydroxyl groups is 1. The zero-order valence-electron chi connectivity index (χ0n) is 20.5. The van der Waals surface area contributed by atoms with Crippen molar-refractivity contribution in [2.45, 2.75) is 38.6 Å². The Labute approximate surface area is 217 Å². The van der Waals surface area contributed by atoms with Crippen LogP contribution in [0, 0.1) is 0 Å². The molecule has 13 nitrogen and oxygen atoms in total. The van der Waals surface area contributed by atoms with Gasteiger partial charge < -0.3 is 51.8 Å². The second kappa shape index (κ2) is 12.4. The molecule has 0 radical (unpaired) electrons. The number of benzene rings is 1. The van der Waals surface area contributed by atoms with Crippen LogP contribution in [0.5, 0.6) is 5.75 Å². The standard InChI is InChI=1S/C23H23N3O5.ClH.5H2O/c1-4-23(30)16-8-18-20-12(9-26(18)21(28)15(16)11-31-22(23)29)7-13-14(10-25(2)3)19(27)6-5-17(13)24-20;;;;;;/h5-8,27,30H,4,9-11H2,1-3H3;1H;5*1H2. The number of carbonyl (C=O) groups is 1. The van der Waals surface area contributed by atoms with E-state index in [1.165, 1.54) is 0 Å². The van der Waals surface area contributed by atoms with Gasteiger partial charge in [0.15, 0.2) is 5.60 Å². The molecule has 3 aromatic rings. The molecule has 0 aliphatic carbocycles. The molecule has 1 aromatic carbocycles. The molecule has 2 aliphatic heterocycles. The van der Waals surface area contributed by atoms with Crippen molar-refractivity contribution < 1.29 is 47.1 Å². The van der Waals surface area contributed by atoms with Crippen LogP contribution in [0.4, 0.5) is 0 Å². The Morgan fingerprint density at radius 1 is 1.11 bits per heavy atom. The minimum absolute atomic E-state index is 0. The fourth-order valence-electron chi connectivity index (χ4n) is 4.58. The van der Waals surface area contributed by atoms with Crippen molar-refractivity contribution in [2.24, 2.45) is 0 Å². The summed E-state index contributed by atoms with van der Waals surface area (Å²) in [6, 6.07) is 7.05. The maximum atomic E-state index is 13.2. The SMILES string of the molecule is CCC1(O)C(=O)OCc2c1cc1n(c2=O)Cc2cc3c(CN(C)C)c(O)ccc3nc2-1.Cl.O.O.O.O.O. The van der Waals surface area contributed by atoms with E-state index in [9.17, 15) is 19.8 Å². The van der Waals surface area contributed by atoms with Crippen LogP contribution in [0.2, 0.25) is 0 Å². The van der Waals surface area contributed by atoms with Gasteiger partial charge in [-0.1, -0.05) is 6.92 Å². The predicted octanol–water partition coefficient (Wildman–Crippen LogP) is -1.85. The van der Waals surface area contributed by atoms with E-state index >= 15 is 0 Å². The van der Waals surface area contributed by atoms with Crippen LogP contribution < -0.4 is 5.56 Å². The summed E-state index contributed by atoms with van der Waals surface area (Å²) in [7, 11) is 3.86. The number of cyclic esters (lactones) is 1. The summed E-state index contributed by atoms with van der Waals surface area (Å²) >= 11 is 0. The van der Waals surface area contributed by atoms with Crippen molar-refractivity contribution in [3.05, 3.63) is 56.9 Å². The lowest BCUT2D eigenvalue weighted by atomic mass is 9.86. The third-order valence-corrected chi connectivity index (χ3v) is 6.25. The van der Waals surface area contributed by atoms with Gasteiger partial charge in [0.05, 0.1) is 29.0 Å². The maximum absolute atomic E-state index is 13.2. The third-order valence-electron chi connectivity index (χ3n) is 6.25. The lowest BCUT2D eigenvalue weighted by Gasteiger charge is -2.31. The summed E-state index contributed by atoms with van der Waals surface area (Å²) in [5.41, 5.74) is 2.03. The highest BCUT2D eigenvalue weighted by Crippen LogP contribution is 2.39. The first-order valence-electron chi connectivity index (χ1n) is 10.2. The molecule has 2 aromatic heterocycles. The Balaban J connectivity index is 0. The molecule has 208 valence electrons. The zero-order valence-corrected chi connectivity index (χ0v) is 21.3. The molecule has 0 spiro atoms. The Morgan fingerprint density at radius 3 is 2.35 bits per heavy atom. The lowest BCUT2D eigenvalue weighted by Crippen LogP contribution is -2.44. The van der Waals surface area contributed by atoms with Gasteiger partial charge in [0.25, 0.3) is 5.56 Å². The topological polar surface area (TPSA) is 262 Å². The molecular formula is C23H34ClN3O10. The van der Waals surface area contributed by atoms with Crippen LogP contribution in [0.1, 0.15) is 35.6 Å². The van der Waals surface area contributed by atoms with E-state index in [2.05, 4.69) is 0 Å². The molecule has 5 rings (SSSR count). The number of pyridine rings is 2. The van der Waals surface area contributed by atoms with Crippen molar-refractivity contribution in [1.82, 2.24) is 14.5 Å². The summed E-state index contributed by atoms with van der Waals surface area (Å²) in [6.07, 6.45) is 0.104. The largest absolute Gasteiger partial charge is 0.508 e. The van der Waals surface area contributed by atoms with Gasteiger partial charge in [0.1, 0.15) is 12.4 Å². The first-order chi connectivity index (χ1) is 14.7. The Bertz CT molecular complexity index is 1340. The smallest absolute Gasteiger partial charge is 0.343 e. The molecule has 0 amide bonds. The number of fused-ring (bicyclic) bond motifs is 5. The number of nitrogens with zero attached hydrogens (tertiary/aromatic N) is 3. The minimum atomic E-state index is -1.84. The molecule has 0 bridgehead atoms. The Hall–Kier alpha value is -3.14. The number of ether oxygens (including phenoxy) is 1. The number of phenols is 1. The van der Waals surface area contributed by atoms with E-state index < -0.39 is 11.6 Å². The number of phenolic OH excluding ortho intramolecular Hbond substituents is 1. The first kappa shape index (κ1) is 36.0. The predicted molar refractivity (Wildman–Crippen MR) is 139 cm³/mol. The molecule has 12 N–H and O–H groups in total. The van der Waals surface area contributed by atoms with E-state index in [1.54, 1.807) is 29.7 Å². The van der Waals surface area contributed by atoms with Gasteiger partial charge in [0.2, 0.25) is 0 Å². The maximum Gasteiger partial charge on any atom is 0.343 e. The van der Waals surface area contributed by atoms with Crippen LogP contribution in [-0.4, -0.2) is 72.1 Å². The number of carbonyl (C=O) groups excluding carboxylic acids is 1. The molecular weight excluding hydrogens is 514 g/mol. The summed E-state index contributed by atoms with van der Waals surface area (Å²) in [5, 5.41) is 22.2.